The number of primary amides is 1. The standard InChI is InChI=1S/C17H19ClN2O2/c1-2-12-3-6-14(7-4-12)20-10-13-5-8-16(15(18)9-13)22-11-17(19)21/h3-9,20H,2,10-11H2,1H3,(H2,19,21). The van der Waals surface area contributed by atoms with Gasteiger partial charge in [0.25, 0.3) is 5.91 Å². The van der Waals surface area contributed by atoms with Crippen LogP contribution in [0.5, 0.6) is 5.75 Å². The molecule has 0 aliphatic carbocycles. The number of ether oxygens (including phenoxy) is 1. The van der Waals surface area contributed by atoms with Crippen molar-refractivity contribution in [3.63, 3.8) is 0 Å². The number of carbonyl (C=O) groups excluding carboxylic acids is 1. The number of nitrogens with one attached hydrogen (secondary N) is 1. The molecular weight excluding hydrogens is 300 g/mol. The third-order valence-corrected chi connectivity index (χ3v) is 3.52. The van der Waals surface area contributed by atoms with E-state index in [4.69, 9.17) is 22.1 Å². The van der Waals surface area contributed by atoms with E-state index in [1.54, 1.807) is 6.07 Å². The van der Waals surface area contributed by atoms with Gasteiger partial charge in [-0.2, -0.15) is 0 Å². The predicted octanol–water partition coefficient (Wildman–Crippen LogP) is 3.38. The predicted molar refractivity (Wildman–Crippen MR) is 89.3 cm³/mol. The van der Waals surface area contributed by atoms with Crippen molar-refractivity contribution in [3.8, 4) is 5.75 Å². The summed E-state index contributed by atoms with van der Waals surface area (Å²) in [7, 11) is 0. The second-order valence-electron chi connectivity index (χ2n) is 4.92. The van der Waals surface area contributed by atoms with Crippen LogP contribution in [0.25, 0.3) is 0 Å². The molecule has 4 nitrogen and oxygen atoms in total. The molecule has 0 fully saturated rings. The minimum absolute atomic E-state index is 0.179. The molecule has 0 aliphatic rings. The molecule has 0 saturated heterocycles. The fourth-order valence-corrected chi connectivity index (χ4v) is 2.24. The molecule has 0 unspecified atom stereocenters. The Morgan fingerprint density at radius 3 is 2.45 bits per heavy atom. The first-order chi connectivity index (χ1) is 10.6. The van der Waals surface area contributed by atoms with E-state index < -0.39 is 5.91 Å². The molecule has 0 atom stereocenters. The van der Waals surface area contributed by atoms with Gasteiger partial charge in [-0.05, 0) is 41.8 Å². The third kappa shape index (κ3) is 4.67. The Balaban J connectivity index is 1.95. The monoisotopic (exact) mass is 318 g/mol. The van der Waals surface area contributed by atoms with Crippen molar-refractivity contribution in [2.45, 2.75) is 19.9 Å². The lowest BCUT2D eigenvalue weighted by molar-refractivity contribution is -0.119. The highest BCUT2D eigenvalue weighted by molar-refractivity contribution is 6.32. The van der Waals surface area contributed by atoms with Gasteiger partial charge in [0.2, 0.25) is 0 Å². The van der Waals surface area contributed by atoms with Crippen LogP contribution < -0.4 is 15.8 Å². The summed E-state index contributed by atoms with van der Waals surface area (Å²) in [6.45, 7) is 2.61. The van der Waals surface area contributed by atoms with Gasteiger partial charge < -0.3 is 15.8 Å². The van der Waals surface area contributed by atoms with Gasteiger partial charge in [0, 0.05) is 12.2 Å². The fourth-order valence-electron chi connectivity index (χ4n) is 1.98. The van der Waals surface area contributed by atoms with Crippen LogP contribution in [0.1, 0.15) is 18.1 Å². The van der Waals surface area contributed by atoms with Crippen LogP contribution in [0.3, 0.4) is 0 Å². The van der Waals surface area contributed by atoms with E-state index in [2.05, 4.69) is 36.5 Å². The first-order valence-corrected chi connectivity index (χ1v) is 7.48. The smallest absolute Gasteiger partial charge is 0.255 e. The summed E-state index contributed by atoms with van der Waals surface area (Å²) in [5, 5.41) is 3.80. The van der Waals surface area contributed by atoms with Crippen LogP contribution in [0.15, 0.2) is 42.5 Å². The molecule has 0 saturated carbocycles. The average Bonchev–Trinajstić information content (AvgIpc) is 2.52. The van der Waals surface area contributed by atoms with E-state index in [-0.39, 0.29) is 6.61 Å². The molecule has 0 bridgehead atoms. The van der Waals surface area contributed by atoms with Crippen LogP contribution in [-0.4, -0.2) is 12.5 Å². The number of amides is 1. The van der Waals surface area contributed by atoms with E-state index in [9.17, 15) is 4.79 Å². The van der Waals surface area contributed by atoms with Crippen molar-refractivity contribution in [3.05, 3.63) is 58.6 Å². The molecule has 0 heterocycles. The lowest BCUT2D eigenvalue weighted by atomic mass is 10.1. The van der Waals surface area contributed by atoms with Crippen molar-refractivity contribution >= 4 is 23.2 Å². The Kier molecular flexibility index (Phi) is 5.67. The van der Waals surface area contributed by atoms with E-state index in [0.29, 0.717) is 17.3 Å². The minimum atomic E-state index is -0.530. The lowest BCUT2D eigenvalue weighted by Gasteiger charge is -2.10. The summed E-state index contributed by atoms with van der Waals surface area (Å²) in [6.07, 6.45) is 1.03. The Labute approximate surface area is 135 Å². The van der Waals surface area contributed by atoms with Crippen LogP contribution in [-0.2, 0) is 17.8 Å². The Hall–Kier alpha value is -2.20. The summed E-state index contributed by atoms with van der Waals surface area (Å²) in [6, 6.07) is 13.8. The highest BCUT2D eigenvalue weighted by atomic mass is 35.5. The Morgan fingerprint density at radius 2 is 1.86 bits per heavy atom. The van der Waals surface area contributed by atoms with Crippen molar-refractivity contribution in [2.75, 3.05) is 11.9 Å². The molecule has 2 aromatic carbocycles. The number of carbonyl (C=O) groups is 1. The van der Waals surface area contributed by atoms with Gasteiger partial charge in [-0.3, -0.25) is 4.79 Å². The van der Waals surface area contributed by atoms with Gasteiger partial charge in [-0.15, -0.1) is 0 Å². The maximum atomic E-state index is 10.7. The molecule has 1 amide bonds. The SMILES string of the molecule is CCc1ccc(NCc2ccc(OCC(N)=O)c(Cl)c2)cc1. The van der Waals surface area contributed by atoms with E-state index >= 15 is 0 Å². The van der Waals surface area contributed by atoms with Crippen molar-refractivity contribution in [1.82, 2.24) is 0 Å². The molecule has 22 heavy (non-hydrogen) atoms. The van der Waals surface area contributed by atoms with Gasteiger partial charge in [-0.25, -0.2) is 0 Å². The first kappa shape index (κ1) is 16.2. The number of aryl methyl sites for hydroxylation is 1. The van der Waals surface area contributed by atoms with Gasteiger partial charge in [0.15, 0.2) is 6.61 Å². The molecule has 0 spiro atoms. The molecule has 0 aliphatic heterocycles. The molecule has 2 rings (SSSR count). The molecular formula is C17H19ClN2O2. The average molecular weight is 319 g/mol. The quantitative estimate of drug-likeness (QED) is 0.822. The molecule has 0 aromatic heterocycles. The molecule has 116 valence electrons. The Bertz CT molecular complexity index is 642. The van der Waals surface area contributed by atoms with Gasteiger partial charge >= 0.3 is 0 Å². The minimum Gasteiger partial charge on any atom is -0.482 e. The number of hydrogen-bond donors (Lipinski definition) is 2. The second kappa shape index (κ2) is 7.71. The number of halogens is 1. The number of nitrogens with two attached hydrogens (primary N) is 1. The lowest BCUT2D eigenvalue weighted by Crippen LogP contribution is -2.20. The summed E-state index contributed by atoms with van der Waals surface area (Å²) in [4.78, 5) is 10.7. The molecule has 3 N–H and O–H groups in total. The van der Waals surface area contributed by atoms with Crippen molar-refractivity contribution in [2.24, 2.45) is 5.73 Å². The van der Waals surface area contributed by atoms with Crippen molar-refractivity contribution < 1.29 is 9.53 Å². The van der Waals surface area contributed by atoms with Gasteiger partial charge in [0.05, 0.1) is 5.02 Å². The third-order valence-electron chi connectivity index (χ3n) is 3.23. The summed E-state index contributed by atoms with van der Waals surface area (Å²) in [5.74, 6) is -0.0751. The van der Waals surface area contributed by atoms with Crippen LogP contribution in [0, 0.1) is 0 Å². The Morgan fingerprint density at radius 1 is 1.18 bits per heavy atom. The summed E-state index contributed by atoms with van der Waals surface area (Å²) in [5.41, 5.74) is 8.43. The van der Waals surface area contributed by atoms with Crippen LogP contribution >= 0.6 is 11.6 Å². The zero-order valence-electron chi connectivity index (χ0n) is 12.4. The normalized spacial score (nSPS) is 10.3. The maximum absolute atomic E-state index is 10.7. The first-order valence-electron chi connectivity index (χ1n) is 7.11. The number of rotatable bonds is 7. The number of anilines is 1. The largest absolute Gasteiger partial charge is 0.482 e. The van der Waals surface area contributed by atoms with E-state index in [1.165, 1.54) is 5.56 Å². The van der Waals surface area contributed by atoms with Crippen LogP contribution in [0.2, 0.25) is 5.02 Å². The zero-order chi connectivity index (χ0) is 15.9. The summed E-state index contributed by atoms with van der Waals surface area (Å²) >= 11 is 6.13. The summed E-state index contributed by atoms with van der Waals surface area (Å²) < 4.78 is 5.21. The van der Waals surface area contributed by atoms with Gasteiger partial charge in [-0.1, -0.05) is 36.7 Å². The maximum Gasteiger partial charge on any atom is 0.255 e. The molecule has 2 aromatic rings. The van der Waals surface area contributed by atoms with E-state index in [0.717, 1.165) is 17.7 Å². The number of hydrogen-bond acceptors (Lipinski definition) is 3. The van der Waals surface area contributed by atoms with Gasteiger partial charge in [0.1, 0.15) is 5.75 Å². The van der Waals surface area contributed by atoms with Crippen LogP contribution in [0.4, 0.5) is 5.69 Å². The highest BCUT2D eigenvalue weighted by Gasteiger charge is 2.05. The molecule has 5 heteroatoms. The number of benzene rings is 2. The zero-order valence-corrected chi connectivity index (χ0v) is 13.2. The second-order valence-corrected chi connectivity index (χ2v) is 5.33. The molecule has 0 radical (unpaired) electrons. The fraction of sp³-hybridized carbons (Fsp3) is 0.235. The van der Waals surface area contributed by atoms with Crippen molar-refractivity contribution in [1.29, 1.82) is 0 Å². The topological polar surface area (TPSA) is 64.3 Å². The van der Waals surface area contributed by atoms with E-state index in [1.807, 2.05) is 12.1 Å². The highest BCUT2D eigenvalue weighted by Crippen LogP contribution is 2.25.